The number of rotatable bonds is 4. The molecule has 3 rings (SSSR count). The molecule has 0 saturated carbocycles. The minimum absolute atomic E-state index is 0.00741. The molecular formula is C19H13ClFN3O2. The Balaban J connectivity index is 1.76. The fourth-order valence-corrected chi connectivity index (χ4v) is 2.40. The van der Waals surface area contributed by atoms with E-state index in [2.05, 4.69) is 15.6 Å². The number of hydrogen-bond acceptors (Lipinski definition) is 3. The zero-order valence-electron chi connectivity index (χ0n) is 13.4. The summed E-state index contributed by atoms with van der Waals surface area (Å²) < 4.78 is 13.6. The maximum Gasteiger partial charge on any atom is 0.274 e. The Morgan fingerprint density at radius 2 is 1.73 bits per heavy atom. The third kappa shape index (κ3) is 4.23. The third-order valence-corrected chi connectivity index (χ3v) is 3.69. The fraction of sp³-hybridized carbons (Fsp3) is 0. The van der Waals surface area contributed by atoms with Crippen LogP contribution in [0.5, 0.6) is 0 Å². The van der Waals surface area contributed by atoms with Crippen LogP contribution in [0.25, 0.3) is 0 Å². The van der Waals surface area contributed by atoms with Gasteiger partial charge < -0.3 is 10.6 Å². The molecule has 2 aromatic carbocycles. The molecule has 3 aromatic rings. The second-order valence-corrected chi connectivity index (χ2v) is 5.76. The van der Waals surface area contributed by atoms with Gasteiger partial charge in [-0.2, -0.15) is 0 Å². The van der Waals surface area contributed by atoms with E-state index in [1.165, 1.54) is 36.5 Å². The second-order valence-electron chi connectivity index (χ2n) is 5.33. The molecule has 0 aliphatic carbocycles. The van der Waals surface area contributed by atoms with Gasteiger partial charge in [-0.1, -0.05) is 29.8 Å². The average molecular weight is 370 g/mol. The Morgan fingerprint density at radius 1 is 0.923 bits per heavy atom. The van der Waals surface area contributed by atoms with Crippen molar-refractivity contribution in [1.82, 2.24) is 4.98 Å². The summed E-state index contributed by atoms with van der Waals surface area (Å²) in [6.45, 7) is 0. The lowest BCUT2D eigenvalue weighted by Gasteiger charge is -2.08. The quantitative estimate of drug-likeness (QED) is 0.717. The van der Waals surface area contributed by atoms with Gasteiger partial charge in [0.15, 0.2) is 0 Å². The summed E-state index contributed by atoms with van der Waals surface area (Å²) in [5.74, 6) is -1.60. The number of pyridine rings is 1. The number of nitrogens with zero attached hydrogens (tertiary/aromatic N) is 1. The van der Waals surface area contributed by atoms with Crippen LogP contribution in [0.3, 0.4) is 0 Å². The first kappa shape index (κ1) is 17.6. The van der Waals surface area contributed by atoms with E-state index in [-0.39, 0.29) is 16.9 Å². The van der Waals surface area contributed by atoms with Gasteiger partial charge in [0.1, 0.15) is 11.5 Å². The maximum atomic E-state index is 13.6. The van der Waals surface area contributed by atoms with Gasteiger partial charge in [-0.25, -0.2) is 4.39 Å². The molecule has 0 saturated heterocycles. The van der Waals surface area contributed by atoms with Crippen molar-refractivity contribution in [2.45, 2.75) is 0 Å². The Kier molecular flexibility index (Phi) is 5.24. The molecule has 0 atom stereocenters. The monoisotopic (exact) mass is 369 g/mol. The minimum atomic E-state index is -0.618. The van der Waals surface area contributed by atoms with E-state index < -0.39 is 17.6 Å². The molecule has 0 unspecified atom stereocenters. The lowest BCUT2D eigenvalue weighted by atomic mass is 10.2. The van der Waals surface area contributed by atoms with Gasteiger partial charge in [-0.15, -0.1) is 0 Å². The predicted molar refractivity (Wildman–Crippen MR) is 98.0 cm³/mol. The summed E-state index contributed by atoms with van der Waals surface area (Å²) in [5, 5.41) is 5.59. The van der Waals surface area contributed by atoms with Crippen molar-refractivity contribution in [2.24, 2.45) is 0 Å². The zero-order valence-corrected chi connectivity index (χ0v) is 14.1. The van der Waals surface area contributed by atoms with Crippen LogP contribution in [0.15, 0.2) is 66.9 Å². The van der Waals surface area contributed by atoms with Crippen molar-refractivity contribution in [3.63, 3.8) is 0 Å². The number of anilines is 2. The van der Waals surface area contributed by atoms with Crippen LogP contribution in [-0.2, 0) is 0 Å². The molecule has 0 aliphatic rings. The van der Waals surface area contributed by atoms with Gasteiger partial charge in [-0.3, -0.25) is 14.6 Å². The Hall–Kier alpha value is -3.25. The summed E-state index contributed by atoms with van der Waals surface area (Å²) in [7, 11) is 0. The number of para-hydroxylation sites is 1. The normalized spacial score (nSPS) is 10.2. The van der Waals surface area contributed by atoms with E-state index in [1.54, 1.807) is 30.3 Å². The number of nitrogens with one attached hydrogen (secondary N) is 2. The number of hydrogen-bond donors (Lipinski definition) is 2. The summed E-state index contributed by atoms with van der Waals surface area (Å²) in [5.41, 5.74) is 0.787. The number of aromatic nitrogens is 1. The number of halogens is 2. The fourth-order valence-electron chi connectivity index (χ4n) is 2.21. The van der Waals surface area contributed by atoms with Crippen molar-refractivity contribution in [3.8, 4) is 0 Å². The zero-order chi connectivity index (χ0) is 18.5. The molecule has 0 aliphatic heterocycles. The van der Waals surface area contributed by atoms with E-state index in [1.807, 2.05) is 0 Å². The summed E-state index contributed by atoms with van der Waals surface area (Å²) in [4.78, 5) is 28.5. The van der Waals surface area contributed by atoms with Crippen molar-refractivity contribution in [1.29, 1.82) is 0 Å². The van der Waals surface area contributed by atoms with Crippen molar-refractivity contribution < 1.29 is 14.0 Å². The molecule has 0 bridgehead atoms. The van der Waals surface area contributed by atoms with Crippen molar-refractivity contribution in [2.75, 3.05) is 10.6 Å². The number of benzene rings is 2. The summed E-state index contributed by atoms with van der Waals surface area (Å²) >= 11 is 5.89. The molecular weight excluding hydrogens is 357 g/mol. The number of amides is 2. The predicted octanol–water partition coefficient (Wildman–Crippen LogP) is 4.38. The molecule has 5 nitrogen and oxygen atoms in total. The van der Waals surface area contributed by atoms with Gasteiger partial charge in [0.2, 0.25) is 0 Å². The summed E-state index contributed by atoms with van der Waals surface area (Å²) in [6.07, 6.45) is 1.34. The standard InChI is InChI=1S/C19H13ClFN3O2/c20-13-4-3-5-14(11-13)23-18(25)12-8-9-22-17(10-12)19(26)24-16-7-2-1-6-15(16)21/h1-11H,(H,23,25)(H,24,26). The van der Waals surface area contributed by atoms with E-state index in [0.717, 1.165) is 0 Å². The largest absolute Gasteiger partial charge is 0.322 e. The molecule has 2 amide bonds. The highest BCUT2D eigenvalue weighted by atomic mass is 35.5. The van der Waals surface area contributed by atoms with Crippen LogP contribution in [-0.4, -0.2) is 16.8 Å². The first-order chi connectivity index (χ1) is 12.5. The third-order valence-electron chi connectivity index (χ3n) is 3.46. The molecule has 2 N–H and O–H groups in total. The molecule has 0 spiro atoms. The lowest BCUT2D eigenvalue weighted by molar-refractivity contribution is 0.102. The Morgan fingerprint density at radius 3 is 2.50 bits per heavy atom. The van der Waals surface area contributed by atoms with Crippen molar-refractivity contribution in [3.05, 3.63) is 89.0 Å². The second kappa shape index (κ2) is 7.76. The Bertz CT molecular complexity index is 978. The van der Waals surface area contributed by atoms with E-state index >= 15 is 0 Å². The van der Waals surface area contributed by atoms with Gasteiger partial charge in [0.25, 0.3) is 11.8 Å². The molecule has 26 heavy (non-hydrogen) atoms. The highest BCUT2D eigenvalue weighted by Gasteiger charge is 2.14. The minimum Gasteiger partial charge on any atom is -0.322 e. The van der Waals surface area contributed by atoms with E-state index in [4.69, 9.17) is 11.6 Å². The number of carbonyl (C=O) groups excluding carboxylic acids is 2. The van der Waals surface area contributed by atoms with Crippen molar-refractivity contribution >= 4 is 34.8 Å². The SMILES string of the molecule is O=C(Nc1cccc(Cl)c1)c1ccnc(C(=O)Nc2ccccc2F)c1. The van der Waals surface area contributed by atoms with Gasteiger partial charge >= 0.3 is 0 Å². The lowest BCUT2D eigenvalue weighted by Crippen LogP contribution is -2.17. The molecule has 1 heterocycles. The van der Waals surface area contributed by atoms with Crippen LogP contribution in [0.4, 0.5) is 15.8 Å². The van der Waals surface area contributed by atoms with Crippen LogP contribution in [0, 0.1) is 5.82 Å². The maximum absolute atomic E-state index is 13.6. The van der Waals surface area contributed by atoms with E-state index in [0.29, 0.717) is 10.7 Å². The van der Waals surface area contributed by atoms with Gasteiger partial charge in [0.05, 0.1) is 5.69 Å². The Labute approximate surface area is 153 Å². The number of carbonyl (C=O) groups is 2. The van der Waals surface area contributed by atoms with Crippen LogP contribution >= 0.6 is 11.6 Å². The highest BCUT2D eigenvalue weighted by molar-refractivity contribution is 6.31. The van der Waals surface area contributed by atoms with Gasteiger partial charge in [0, 0.05) is 22.5 Å². The van der Waals surface area contributed by atoms with Crippen LogP contribution in [0.1, 0.15) is 20.8 Å². The molecule has 0 fully saturated rings. The first-order valence-corrected chi connectivity index (χ1v) is 7.99. The molecule has 0 radical (unpaired) electrons. The molecule has 7 heteroatoms. The van der Waals surface area contributed by atoms with Crippen LogP contribution in [0.2, 0.25) is 5.02 Å². The summed E-state index contributed by atoms with van der Waals surface area (Å²) in [6, 6.07) is 15.3. The van der Waals surface area contributed by atoms with Gasteiger partial charge in [-0.05, 0) is 42.5 Å². The molecule has 1 aromatic heterocycles. The topological polar surface area (TPSA) is 71.1 Å². The van der Waals surface area contributed by atoms with E-state index in [9.17, 15) is 14.0 Å². The average Bonchev–Trinajstić information content (AvgIpc) is 2.63. The van der Waals surface area contributed by atoms with Crippen LogP contribution < -0.4 is 10.6 Å². The highest BCUT2D eigenvalue weighted by Crippen LogP contribution is 2.17. The smallest absolute Gasteiger partial charge is 0.274 e. The first-order valence-electron chi connectivity index (χ1n) is 7.62. The molecule has 130 valence electrons.